The lowest BCUT2D eigenvalue weighted by Gasteiger charge is -2.20. The van der Waals surface area contributed by atoms with E-state index in [4.69, 9.17) is 0 Å². The van der Waals surface area contributed by atoms with Gasteiger partial charge in [0.2, 0.25) is 0 Å². The van der Waals surface area contributed by atoms with Crippen LogP contribution < -0.4 is 10.2 Å². The first-order valence-electron chi connectivity index (χ1n) is 9.06. The van der Waals surface area contributed by atoms with Crippen LogP contribution in [0, 0.1) is 0 Å². The molecule has 1 atom stereocenters. The molecule has 2 aromatic rings. The van der Waals surface area contributed by atoms with E-state index < -0.39 is 0 Å². The molecule has 1 fully saturated rings. The van der Waals surface area contributed by atoms with E-state index in [0.717, 1.165) is 36.1 Å². The van der Waals surface area contributed by atoms with Crippen LogP contribution in [0.1, 0.15) is 36.7 Å². The molecule has 0 bridgehead atoms. The highest BCUT2D eigenvalue weighted by molar-refractivity contribution is 6.07. The van der Waals surface area contributed by atoms with Crippen molar-refractivity contribution < 1.29 is 4.79 Å². The van der Waals surface area contributed by atoms with Crippen molar-refractivity contribution in [2.45, 2.75) is 32.2 Å². The van der Waals surface area contributed by atoms with Crippen molar-refractivity contribution in [1.82, 2.24) is 20.4 Å². The second-order valence-electron chi connectivity index (χ2n) is 6.75. The first-order valence-corrected chi connectivity index (χ1v) is 9.06. The number of amides is 1. The van der Waals surface area contributed by atoms with Crippen LogP contribution in [0.15, 0.2) is 24.3 Å². The number of hydrogen-bond acceptors (Lipinski definition) is 5. The lowest BCUT2D eigenvalue weighted by atomic mass is 10.1. The topological polar surface area (TPSA) is 61.4 Å². The Morgan fingerprint density at radius 1 is 1.32 bits per heavy atom. The zero-order chi connectivity index (χ0) is 17.8. The average Bonchev–Trinajstić information content (AvgIpc) is 3.05. The van der Waals surface area contributed by atoms with Crippen molar-refractivity contribution in [2.24, 2.45) is 0 Å². The Morgan fingerprint density at radius 2 is 2.08 bits per heavy atom. The van der Waals surface area contributed by atoms with Gasteiger partial charge < -0.3 is 15.1 Å². The number of carbonyl (C=O) groups is 1. The molecule has 25 heavy (non-hydrogen) atoms. The molecule has 1 amide bonds. The Morgan fingerprint density at radius 3 is 2.76 bits per heavy atom. The predicted molar refractivity (Wildman–Crippen MR) is 101 cm³/mol. The minimum Gasteiger partial charge on any atom is -0.358 e. The highest BCUT2D eigenvalue weighted by atomic mass is 16.1. The molecule has 2 heterocycles. The van der Waals surface area contributed by atoms with Gasteiger partial charge in [0.25, 0.3) is 5.91 Å². The van der Waals surface area contributed by atoms with Gasteiger partial charge in [-0.2, -0.15) is 0 Å². The van der Waals surface area contributed by atoms with Gasteiger partial charge in [0.05, 0.1) is 0 Å². The molecule has 6 nitrogen and oxygen atoms in total. The maximum absolute atomic E-state index is 12.6. The molecule has 1 aromatic carbocycles. The summed E-state index contributed by atoms with van der Waals surface area (Å²) in [6, 6.07) is 8.41. The zero-order valence-corrected chi connectivity index (χ0v) is 15.3. The fourth-order valence-corrected chi connectivity index (χ4v) is 3.47. The maximum Gasteiger partial charge on any atom is 0.272 e. The fourth-order valence-electron chi connectivity index (χ4n) is 3.47. The maximum atomic E-state index is 12.6. The molecule has 1 saturated heterocycles. The summed E-state index contributed by atoms with van der Waals surface area (Å²) in [6.07, 6.45) is 3.44. The van der Waals surface area contributed by atoms with Crippen molar-refractivity contribution in [2.75, 3.05) is 38.6 Å². The SMILES string of the molecule is CCN(C)c1nnc(C(=O)NCCC2CCCN2C)c2ccccc12. The third kappa shape index (κ3) is 3.74. The third-order valence-corrected chi connectivity index (χ3v) is 5.15. The molecule has 3 rings (SSSR count). The van der Waals surface area contributed by atoms with E-state index in [9.17, 15) is 4.79 Å². The Kier molecular flexibility index (Phi) is 5.48. The summed E-state index contributed by atoms with van der Waals surface area (Å²) in [5, 5.41) is 13.4. The minimum absolute atomic E-state index is 0.143. The highest BCUT2D eigenvalue weighted by Gasteiger charge is 2.21. The molecule has 0 spiro atoms. The van der Waals surface area contributed by atoms with Crippen LogP contribution in [-0.2, 0) is 0 Å². The van der Waals surface area contributed by atoms with Gasteiger partial charge in [0.15, 0.2) is 11.5 Å². The fraction of sp³-hybridized carbons (Fsp3) is 0.526. The normalized spacial score (nSPS) is 17.8. The molecule has 0 aliphatic carbocycles. The minimum atomic E-state index is -0.143. The van der Waals surface area contributed by atoms with Gasteiger partial charge in [-0.15, -0.1) is 10.2 Å². The van der Waals surface area contributed by atoms with E-state index in [2.05, 4.69) is 34.4 Å². The second kappa shape index (κ2) is 7.78. The van der Waals surface area contributed by atoms with Crippen LogP contribution in [0.3, 0.4) is 0 Å². The van der Waals surface area contributed by atoms with E-state index in [1.54, 1.807) is 0 Å². The first kappa shape index (κ1) is 17.6. The highest BCUT2D eigenvalue weighted by Crippen LogP contribution is 2.25. The second-order valence-corrected chi connectivity index (χ2v) is 6.75. The Hall–Kier alpha value is -2.21. The third-order valence-electron chi connectivity index (χ3n) is 5.15. The number of benzene rings is 1. The van der Waals surface area contributed by atoms with Gasteiger partial charge in [-0.3, -0.25) is 4.79 Å². The monoisotopic (exact) mass is 341 g/mol. The summed E-state index contributed by atoms with van der Waals surface area (Å²) in [5.41, 5.74) is 0.406. The number of rotatable bonds is 6. The van der Waals surface area contributed by atoms with Crippen LogP contribution in [0.25, 0.3) is 10.8 Å². The lowest BCUT2D eigenvalue weighted by molar-refractivity contribution is 0.0946. The number of likely N-dealkylation sites (tertiary alicyclic amines) is 1. The van der Waals surface area contributed by atoms with E-state index in [1.165, 1.54) is 12.8 Å². The van der Waals surface area contributed by atoms with Gasteiger partial charge in [-0.1, -0.05) is 24.3 Å². The van der Waals surface area contributed by atoms with E-state index in [1.807, 2.05) is 36.2 Å². The molecule has 1 unspecified atom stereocenters. The zero-order valence-electron chi connectivity index (χ0n) is 15.3. The average molecular weight is 341 g/mol. The summed E-state index contributed by atoms with van der Waals surface area (Å²) in [4.78, 5) is 17.0. The number of carbonyl (C=O) groups excluding carboxylic acids is 1. The van der Waals surface area contributed by atoms with Gasteiger partial charge in [-0.05, 0) is 39.8 Å². The molecule has 0 radical (unpaired) electrons. The van der Waals surface area contributed by atoms with Crippen molar-refractivity contribution in [3.63, 3.8) is 0 Å². The lowest BCUT2D eigenvalue weighted by Crippen LogP contribution is -2.32. The van der Waals surface area contributed by atoms with Gasteiger partial charge in [0, 0.05) is 37.0 Å². The van der Waals surface area contributed by atoms with Crippen molar-refractivity contribution in [3.8, 4) is 0 Å². The Balaban J connectivity index is 1.75. The Labute approximate surface area is 149 Å². The predicted octanol–water partition coefficient (Wildman–Crippen LogP) is 2.30. The van der Waals surface area contributed by atoms with E-state index in [-0.39, 0.29) is 5.91 Å². The molecule has 0 saturated carbocycles. The summed E-state index contributed by atoms with van der Waals surface area (Å²) < 4.78 is 0. The number of fused-ring (bicyclic) bond motifs is 1. The summed E-state index contributed by atoms with van der Waals surface area (Å²) in [7, 11) is 4.13. The summed E-state index contributed by atoms with van der Waals surface area (Å²) >= 11 is 0. The van der Waals surface area contributed by atoms with E-state index >= 15 is 0 Å². The van der Waals surface area contributed by atoms with E-state index in [0.29, 0.717) is 18.3 Å². The molecule has 134 valence electrons. The van der Waals surface area contributed by atoms with Crippen LogP contribution in [0.2, 0.25) is 0 Å². The first-order chi connectivity index (χ1) is 12.1. The molecule has 1 N–H and O–H groups in total. The van der Waals surface area contributed by atoms with Crippen LogP contribution in [0.5, 0.6) is 0 Å². The molecule has 1 aliphatic rings. The number of nitrogens with zero attached hydrogens (tertiary/aromatic N) is 4. The number of hydrogen-bond donors (Lipinski definition) is 1. The van der Waals surface area contributed by atoms with Crippen molar-refractivity contribution in [3.05, 3.63) is 30.0 Å². The van der Waals surface area contributed by atoms with Gasteiger partial charge in [0.1, 0.15) is 0 Å². The number of anilines is 1. The molecular weight excluding hydrogens is 314 g/mol. The molecular formula is C19H27N5O. The van der Waals surface area contributed by atoms with Gasteiger partial charge in [-0.25, -0.2) is 0 Å². The van der Waals surface area contributed by atoms with Crippen LogP contribution >= 0.6 is 0 Å². The number of nitrogens with one attached hydrogen (secondary N) is 1. The van der Waals surface area contributed by atoms with Crippen LogP contribution in [-0.4, -0.2) is 60.8 Å². The summed E-state index contributed by atoms with van der Waals surface area (Å²) in [5.74, 6) is 0.664. The molecule has 6 heteroatoms. The summed E-state index contributed by atoms with van der Waals surface area (Å²) in [6.45, 7) is 4.72. The molecule has 1 aromatic heterocycles. The Bertz CT molecular complexity index is 748. The van der Waals surface area contributed by atoms with Crippen molar-refractivity contribution >= 4 is 22.5 Å². The molecule has 1 aliphatic heterocycles. The van der Waals surface area contributed by atoms with Crippen LogP contribution in [0.4, 0.5) is 5.82 Å². The standard InChI is InChI=1S/C19H27N5O/c1-4-23(2)18-16-10-6-5-9-15(16)17(21-22-18)19(25)20-12-11-14-8-7-13-24(14)3/h5-6,9-10,14H,4,7-8,11-13H2,1-3H3,(H,20,25). The number of aromatic nitrogens is 2. The smallest absolute Gasteiger partial charge is 0.272 e. The van der Waals surface area contributed by atoms with Crippen molar-refractivity contribution in [1.29, 1.82) is 0 Å². The quantitative estimate of drug-likeness (QED) is 0.873. The van der Waals surface area contributed by atoms with Gasteiger partial charge >= 0.3 is 0 Å². The largest absolute Gasteiger partial charge is 0.358 e.